The second-order valence-corrected chi connectivity index (χ2v) is 6.49. The van der Waals surface area contributed by atoms with Crippen LogP contribution in [-0.2, 0) is 0 Å². The lowest BCUT2D eigenvalue weighted by atomic mass is 9.72. The molecule has 0 bridgehead atoms. The normalized spacial score (nSPS) is 19.7. The Morgan fingerprint density at radius 1 is 1.33 bits per heavy atom. The summed E-state index contributed by atoms with van der Waals surface area (Å²) >= 11 is 0. The largest absolute Gasteiger partial charge is 0.392 e. The summed E-state index contributed by atoms with van der Waals surface area (Å²) in [7, 11) is 0. The topological polar surface area (TPSA) is 20.2 Å². The molecule has 0 aromatic heterocycles. The predicted molar refractivity (Wildman–Crippen MR) is 91.8 cm³/mol. The summed E-state index contributed by atoms with van der Waals surface area (Å²) in [5.74, 6) is 6.04. The Hall–Kier alpha value is -1.52. The van der Waals surface area contributed by atoms with Crippen molar-refractivity contribution in [1.29, 1.82) is 0 Å². The van der Waals surface area contributed by atoms with Crippen molar-refractivity contribution in [3.63, 3.8) is 0 Å². The van der Waals surface area contributed by atoms with Crippen molar-refractivity contribution in [2.45, 2.75) is 53.9 Å². The lowest BCUT2D eigenvalue weighted by Gasteiger charge is -2.32. The van der Waals surface area contributed by atoms with Crippen molar-refractivity contribution >= 4 is 0 Å². The fourth-order valence-corrected chi connectivity index (χ4v) is 2.72. The monoisotopic (exact) mass is 284 g/mol. The molecule has 1 aliphatic rings. The SMILES string of the molecule is CC1=C(/C=C/C(C)=C\C#C/C(C)=C/CO)C(C)(C)CCC1. The van der Waals surface area contributed by atoms with E-state index in [1.165, 1.54) is 30.4 Å². The molecule has 1 nitrogen and oxygen atoms in total. The summed E-state index contributed by atoms with van der Waals surface area (Å²) in [5.41, 5.74) is 5.33. The van der Waals surface area contributed by atoms with Gasteiger partial charge in [0.2, 0.25) is 0 Å². The fourth-order valence-electron chi connectivity index (χ4n) is 2.72. The van der Waals surface area contributed by atoms with E-state index in [-0.39, 0.29) is 12.0 Å². The van der Waals surface area contributed by atoms with Crippen molar-refractivity contribution in [3.8, 4) is 11.8 Å². The molecular formula is C20H28O. The Bertz CT molecular complexity index is 542. The van der Waals surface area contributed by atoms with Crippen molar-refractivity contribution < 1.29 is 5.11 Å². The number of hydrogen-bond donors (Lipinski definition) is 1. The van der Waals surface area contributed by atoms with Gasteiger partial charge in [-0.05, 0) is 74.3 Å². The van der Waals surface area contributed by atoms with E-state index in [0.717, 1.165) is 11.1 Å². The minimum Gasteiger partial charge on any atom is -0.392 e. The molecule has 1 aliphatic carbocycles. The maximum atomic E-state index is 8.77. The third-order valence-corrected chi connectivity index (χ3v) is 4.02. The maximum Gasteiger partial charge on any atom is 0.0624 e. The van der Waals surface area contributed by atoms with E-state index in [0.29, 0.717) is 0 Å². The molecule has 0 amide bonds. The third-order valence-electron chi connectivity index (χ3n) is 4.02. The minimum atomic E-state index is 0.0472. The van der Waals surface area contributed by atoms with E-state index in [4.69, 9.17) is 5.11 Å². The zero-order valence-electron chi connectivity index (χ0n) is 14.1. The quantitative estimate of drug-likeness (QED) is 0.574. The Kier molecular flexibility index (Phi) is 6.72. The predicted octanol–water partition coefficient (Wildman–Crippen LogP) is 4.96. The molecule has 0 saturated heterocycles. The Morgan fingerprint density at radius 3 is 2.67 bits per heavy atom. The van der Waals surface area contributed by atoms with E-state index in [1.54, 1.807) is 6.08 Å². The number of hydrogen-bond acceptors (Lipinski definition) is 1. The lowest BCUT2D eigenvalue weighted by Crippen LogP contribution is -2.19. The van der Waals surface area contributed by atoms with Gasteiger partial charge in [0.05, 0.1) is 6.61 Å². The van der Waals surface area contributed by atoms with Crippen LogP contribution in [0.3, 0.4) is 0 Å². The van der Waals surface area contributed by atoms with Gasteiger partial charge >= 0.3 is 0 Å². The van der Waals surface area contributed by atoms with Crippen LogP contribution in [0.4, 0.5) is 0 Å². The number of allylic oxidation sites excluding steroid dienone is 7. The molecule has 1 N–H and O–H groups in total. The van der Waals surface area contributed by atoms with Crippen LogP contribution in [0.25, 0.3) is 0 Å². The van der Waals surface area contributed by atoms with E-state index in [2.05, 4.69) is 51.7 Å². The van der Waals surface area contributed by atoms with Crippen LogP contribution in [0.5, 0.6) is 0 Å². The second-order valence-electron chi connectivity index (χ2n) is 6.49. The van der Waals surface area contributed by atoms with Crippen molar-refractivity contribution in [2.75, 3.05) is 6.61 Å². The van der Waals surface area contributed by atoms with E-state index >= 15 is 0 Å². The van der Waals surface area contributed by atoms with Crippen LogP contribution in [0.15, 0.2) is 46.6 Å². The van der Waals surface area contributed by atoms with E-state index in [1.807, 2.05) is 13.0 Å². The first-order chi connectivity index (χ1) is 9.86. The Labute approximate surface area is 130 Å². The van der Waals surface area contributed by atoms with Crippen LogP contribution < -0.4 is 0 Å². The summed E-state index contributed by atoms with van der Waals surface area (Å²) in [6.45, 7) is 10.9. The average molecular weight is 284 g/mol. The zero-order valence-corrected chi connectivity index (χ0v) is 14.1. The zero-order chi connectivity index (χ0) is 15.9. The molecule has 0 aliphatic heterocycles. The first-order valence-electron chi connectivity index (χ1n) is 7.71. The standard InChI is InChI=1S/C20H28O/c1-16(8-6-9-17(2)13-15-21)11-12-19-18(3)10-7-14-20(19,4)5/h8,11-13,21H,7,10,14-15H2,1-5H3/b12-11+,16-8-,17-13+. The molecule has 1 heteroatoms. The molecule has 0 fully saturated rings. The highest BCUT2D eigenvalue weighted by Gasteiger charge is 2.26. The molecule has 0 atom stereocenters. The number of rotatable bonds is 3. The van der Waals surface area contributed by atoms with Crippen LogP contribution in [-0.4, -0.2) is 11.7 Å². The third kappa shape index (κ3) is 5.78. The van der Waals surface area contributed by atoms with Crippen LogP contribution in [0.1, 0.15) is 53.9 Å². The fraction of sp³-hybridized carbons (Fsp3) is 0.500. The molecular weight excluding hydrogens is 256 g/mol. The van der Waals surface area contributed by atoms with Gasteiger partial charge in [-0.3, -0.25) is 0 Å². The van der Waals surface area contributed by atoms with Crippen molar-refractivity contribution in [2.24, 2.45) is 5.41 Å². The summed E-state index contributed by atoms with van der Waals surface area (Å²) in [5, 5.41) is 8.77. The first-order valence-corrected chi connectivity index (χ1v) is 7.71. The van der Waals surface area contributed by atoms with E-state index < -0.39 is 0 Å². The summed E-state index contributed by atoms with van der Waals surface area (Å²) in [6, 6.07) is 0. The van der Waals surface area contributed by atoms with Crippen LogP contribution in [0, 0.1) is 17.3 Å². The minimum absolute atomic E-state index is 0.0472. The molecule has 21 heavy (non-hydrogen) atoms. The molecule has 1 rings (SSSR count). The van der Waals surface area contributed by atoms with Crippen LogP contribution in [0.2, 0.25) is 0 Å². The highest BCUT2D eigenvalue weighted by molar-refractivity contribution is 5.39. The van der Waals surface area contributed by atoms with Crippen molar-refractivity contribution in [3.05, 3.63) is 46.6 Å². The molecule has 0 unspecified atom stereocenters. The maximum absolute atomic E-state index is 8.77. The number of aliphatic hydroxyl groups is 1. The van der Waals surface area contributed by atoms with Gasteiger partial charge in [0.1, 0.15) is 0 Å². The van der Waals surface area contributed by atoms with E-state index in [9.17, 15) is 0 Å². The summed E-state index contributed by atoms with van der Waals surface area (Å²) in [4.78, 5) is 0. The van der Waals surface area contributed by atoms with Crippen molar-refractivity contribution in [1.82, 2.24) is 0 Å². The molecule has 0 aromatic carbocycles. The molecule has 0 heterocycles. The smallest absolute Gasteiger partial charge is 0.0624 e. The molecule has 0 radical (unpaired) electrons. The van der Waals surface area contributed by atoms with Gasteiger partial charge in [0, 0.05) is 0 Å². The first kappa shape index (κ1) is 17.5. The Morgan fingerprint density at radius 2 is 2.05 bits per heavy atom. The molecule has 0 aromatic rings. The van der Waals surface area contributed by atoms with Gasteiger partial charge < -0.3 is 5.11 Å². The van der Waals surface area contributed by atoms with Gasteiger partial charge in [-0.1, -0.05) is 43.4 Å². The molecule has 0 spiro atoms. The Balaban J connectivity index is 2.82. The highest BCUT2D eigenvalue weighted by atomic mass is 16.2. The van der Waals surface area contributed by atoms with Gasteiger partial charge in [0.15, 0.2) is 0 Å². The van der Waals surface area contributed by atoms with Gasteiger partial charge in [-0.15, -0.1) is 0 Å². The summed E-state index contributed by atoms with van der Waals surface area (Å²) in [6.07, 6.45) is 11.8. The van der Waals surface area contributed by atoms with Gasteiger partial charge in [-0.2, -0.15) is 0 Å². The van der Waals surface area contributed by atoms with Gasteiger partial charge in [-0.25, -0.2) is 0 Å². The molecule has 0 saturated carbocycles. The summed E-state index contributed by atoms with van der Waals surface area (Å²) < 4.78 is 0. The van der Waals surface area contributed by atoms with Gasteiger partial charge in [0.25, 0.3) is 0 Å². The van der Waals surface area contributed by atoms with Crippen LogP contribution >= 0.6 is 0 Å². The highest BCUT2D eigenvalue weighted by Crippen LogP contribution is 2.40. The average Bonchev–Trinajstić information content (AvgIpc) is 2.37. The lowest BCUT2D eigenvalue weighted by molar-refractivity contribution is 0.342. The number of aliphatic hydroxyl groups excluding tert-OH is 1. The second kappa shape index (κ2) is 8.05. The molecule has 114 valence electrons.